The Morgan fingerprint density at radius 3 is 2.79 bits per heavy atom. The summed E-state index contributed by atoms with van der Waals surface area (Å²) in [5, 5.41) is 6.70. The molecule has 0 amide bonds. The maximum absolute atomic E-state index is 11.5. The monoisotopic (exact) mass is 259 g/mol. The summed E-state index contributed by atoms with van der Waals surface area (Å²) < 4.78 is 0.681. The molecule has 7 nitrogen and oxygen atoms in total. The van der Waals surface area contributed by atoms with Crippen molar-refractivity contribution in [2.24, 2.45) is 0 Å². The summed E-state index contributed by atoms with van der Waals surface area (Å²) in [7, 11) is 0. The van der Waals surface area contributed by atoms with Crippen LogP contribution in [0.2, 0.25) is 0 Å². The van der Waals surface area contributed by atoms with E-state index in [4.69, 9.17) is 5.73 Å². The lowest BCUT2D eigenvalue weighted by Gasteiger charge is -2.07. The van der Waals surface area contributed by atoms with Gasteiger partial charge < -0.3 is 11.1 Å². The highest BCUT2D eigenvalue weighted by Gasteiger charge is 2.10. The van der Waals surface area contributed by atoms with Crippen molar-refractivity contribution in [1.82, 2.24) is 14.8 Å². The Kier molecular flexibility index (Phi) is 3.28. The third-order valence-corrected chi connectivity index (χ3v) is 2.41. The second kappa shape index (κ2) is 4.89. The van der Waals surface area contributed by atoms with Gasteiger partial charge in [-0.1, -0.05) is 12.1 Å². The molecule has 0 aliphatic rings. The highest BCUT2D eigenvalue weighted by atomic mass is 16.2. The van der Waals surface area contributed by atoms with Gasteiger partial charge in [0.1, 0.15) is 0 Å². The van der Waals surface area contributed by atoms with E-state index in [1.807, 2.05) is 31.2 Å². The van der Waals surface area contributed by atoms with Gasteiger partial charge in [0.25, 0.3) is 0 Å². The van der Waals surface area contributed by atoms with Crippen LogP contribution in [0.1, 0.15) is 17.3 Å². The van der Waals surface area contributed by atoms with Crippen LogP contribution in [0, 0.1) is 6.92 Å². The van der Waals surface area contributed by atoms with E-state index in [0.717, 1.165) is 11.3 Å². The van der Waals surface area contributed by atoms with E-state index >= 15 is 0 Å². The van der Waals surface area contributed by atoms with Crippen LogP contribution >= 0.6 is 0 Å². The highest BCUT2D eigenvalue weighted by Crippen LogP contribution is 2.13. The minimum absolute atomic E-state index is 0.0953. The Bertz CT molecular complexity index is 693. The first-order valence-electron chi connectivity index (χ1n) is 5.59. The topological polar surface area (TPSA) is 103 Å². The summed E-state index contributed by atoms with van der Waals surface area (Å²) in [6.45, 7) is 3.17. The quantitative estimate of drug-likeness (QED) is 0.831. The molecule has 0 saturated heterocycles. The molecule has 7 heteroatoms. The molecule has 2 aromatic rings. The van der Waals surface area contributed by atoms with Crippen LogP contribution in [0.4, 0.5) is 17.5 Å². The van der Waals surface area contributed by atoms with Gasteiger partial charge in [-0.2, -0.15) is 9.67 Å². The standard InChI is InChI=1S/C12H13N5O2/c1-7-4-3-5-9(6-7)14-12-15-10(13)11(19)17(16-12)8(2)18/h3-6H,1-2H3,(H3,13,14,15,16). The summed E-state index contributed by atoms with van der Waals surface area (Å²) in [4.78, 5) is 26.6. The van der Waals surface area contributed by atoms with Gasteiger partial charge in [0.2, 0.25) is 11.9 Å². The summed E-state index contributed by atoms with van der Waals surface area (Å²) in [5.74, 6) is -0.704. The number of carbonyl (C=O) groups is 1. The van der Waals surface area contributed by atoms with Crippen LogP contribution in [0.5, 0.6) is 0 Å². The number of hydrogen-bond acceptors (Lipinski definition) is 6. The molecule has 1 aromatic carbocycles. The van der Waals surface area contributed by atoms with Crippen LogP contribution in [0.3, 0.4) is 0 Å². The van der Waals surface area contributed by atoms with Gasteiger partial charge in [0, 0.05) is 12.6 Å². The Hall–Kier alpha value is -2.70. The highest BCUT2D eigenvalue weighted by molar-refractivity contribution is 5.75. The lowest BCUT2D eigenvalue weighted by atomic mass is 10.2. The molecule has 2 rings (SSSR count). The fraction of sp³-hybridized carbons (Fsp3) is 0.167. The fourth-order valence-electron chi connectivity index (χ4n) is 1.55. The van der Waals surface area contributed by atoms with Gasteiger partial charge >= 0.3 is 5.56 Å². The van der Waals surface area contributed by atoms with Gasteiger partial charge in [-0.25, -0.2) is 0 Å². The number of nitrogens with zero attached hydrogens (tertiary/aromatic N) is 3. The molecule has 0 saturated carbocycles. The van der Waals surface area contributed by atoms with Crippen molar-refractivity contribution in [2.45, 2.75) is 13.8 Å². The van der Waals surface area contributed by atoms with Crippen LogP contribution in [-0.4, -0.2) is 20.7 Å². The van der Waals surface area contributed by atoms with Gasteiger partial charge in [-0.3, -0.25) is 9.59 Å². The Balaban J connectivity index is 2.41. The van der Waals surface area contributed by atoms with Crippen molar-refractivity contribution in [2.75, 3.05) is 11.1 Å². The molecular weight excluding hydrogens is 246 g/mol. The van der Waals surface area contributed by atoms with E-state index in [0.29, 0.717) is 4.68 Å². The molecule has 0 radical (unpaired) electrons. The average molecular weight is 259 g/mol. The number of carbonyl (C=O) groups excluding carboxylic acids is 1. The number of aryl methyl sites for hydroxylation is 1. The zero-order valence-electron chi connectivity index (χ0n) is 10.5. The Morgan fingerprint density at radius 2 is 2.16 bits per heavy atom. The Labute approximate surface area is 109 Å². The third-order valence-electron chi connectivity index (χ3n) is 2.41. The Morgan fingerprint density at radius 1 is 1.42 bits per heavy atom. The molecule has 1 aromatic heterocycles. The van der Waals surface area contributed by atoms with E-state index < -0.39 is 11.5 Å². The first-order valence-corrected chi connectivity index (χ1v) is 5.59. The predicted molar refractivity (Wildman–Crippen MR) is 71.5 cm³/mol. The van der Waals surface area contributed by atoms with Crippen molar-refractivity contribution >= 4 is 23.4 Å². The van der Waals surface area contributed by atoms with Crippen molar-refractivity contribution in [3.05, 3.63) is 40.2 Å². The van der Waals surface area contributed by atoms with Crippen LogP contribution in [0.25, 0.3) is 0 Å². The zero-order chi connectivity index (χ0) is 14.0. The molecule has 0 aliphatic carbocycles. The molecule has 0 unspecified atom stereocenters. The third kappa shape index (κ3) is 2.76. The number of nitrogens with two attached hydrogens (primary N) is 1. The van der Waals surface area contributed by atoms with E-state index in [-0.39, 0.29) is 11.8 Å². The summed E-state index contributed by atoms with van der Waals surface area (Å²) in [6.07, 6.45) is 0. The van der Waals surface area contributed by atoms with Crippen molar-refractivity contribution in [3.8, 4) is 0 Å². The van der Waals surface area contributed by atoms with Gasteiger partial charge in [-0.05, 0) is 24.6 Å². The molecule has 1 heterocycles. The normalized spacial score (nSPS) is 10.2. The van der Waals surface area contributed by atoms with Crippen LogP contribution in [0.15, 0.2) is 29.1 Å². The maximum Gasteiger partial charge on any atom is 0.316 e. The number of benzene rings is 1. The number of nitrogen functional groups attached to an aromatic ring is 1. The van der Waals surface area contributed by atoms with Crippen molar-refractivity contribution < 1.29 is 4.79 Å². The van der Waals surface area contributed by atoms with Crippen LogP contribution in [-0.2, 0) is 0 Å². The molecule has 0 bridgehead atoms. The van der Waals surface area contributed by atoms with Crippen molar-refractivity contribution in [3.63, 3.8) is 0 Å². The molecular formula is C12H13N5O2. The van der Waals surface area contributed by atoms with Crippen LogP contribution < -0.4 is 16.6 Å². The number of nitrogens with one attached hydrogen (secondary N) is 1. The minimum Gasteiger partial charge on any atom is -0.379 e. The molecule has 98 valence electrons. The first kappa shape index (κ1) is 12.7. The smallest absolute Gasteiger partial charge is 0.316 e. The predicted octanol–water partition coefficient (Wildman–Crippen LogP) is 0.933. The molecule has 3 N–H and O–H groups in total. The zero-order valence-corrected chi connectivity index (χ0v) is 10.5. The fourth-order valence-corrected chi connectivity index (χ4v) is 1.55. The number of rotatable bonds is 2. The number of anilines is 3. The summed E-state index contributed by atoms with van der Waals surface area (Å²) >= 11 is 0. The average Bonchev–Trinajstić information content (AvgIpc) is 2.33. The lowest BCUT2D eigenvalue weighted by Crippen LogP contribution is -2.31. The van der Waals surface area contributed by atoms with E-state index in [1.165, 1.54) is 6.92 Å². The molecule has 0 fully saturated rings. The van der Waals surface area contributed by atoms with Gasteiger partial charge in [0.15, 0.2) is 5.82 Å². The lowest BCUT2D eigenvalue weighted by molar-refractivity contribution is 0.0915. The van der Waals surface area contributed by atoms with E-state index in [1.54, 1.807) is 0 Å². The SMILES string of the molecule is CC(=O)n1nc(Nc2cccc(C)c2)nc(N)c1=O. The van der Waals surface area contributed by atoms with Crippen molar-refractivity contribution in [1.29, 1.82) is 0 Å². The summed E-state index contributed by atoms with van der Waals surface area (Å²) in [5.41, 5.74) is 6.54. The molecule has 0 spiro atoms. The van der Waals surface area contributed by atoms with E-state index in [2.05, 4.69) is 15.4 Å². The minimum atomic E-state index is -0.720. The second-order valence-corrected chi connectivity index (χ2v) is 4.05. The van der Waals surface area contributed by atoms with E-state index in [9.17, 15) is 9.59 Å². The molecule has 0 atom stereocenters. The maximum atomic E-state index is 11.5. The molecule has 0 aliphatic heterocycles. The number of hydrogen-bond donors (Lipinski definition) is 2. The van der Waals surface area contributed by atoms with Gasteiger partial charge in [0.05, 0.1) is 0 Å². The van der Waals surface area contributed by atoms with Gasteiger partial charge in [-0.15, -0.1) is 5.10 Å². The molecule has 19 heavy (non-hydrogen) atoms. The number of aromatic nitrogens is 3. The second-order valence-electron chi connectivity index (χ2n) is 4.05. The largest absolute Gasteiger partial charge is 0.379 e. The summed E-state index contributed by atoms with van der Waals surface area (Å²) in [6, 6.07) is 7.50. The first-order chi connectivity index (χ1) is 8.97.